The van der Waals surface area contributed by atoms with Crippen molar-refractivity contribution in [1.82, 2.24) is 0 Å². The lowest BCUT2D eigenvalue weighted by molar-refractivity contribution is -0.120. The van der Waals surface area contributed by atoms with Crippen LogP contribution in [0.2, 0.25) is 0 Å². The summed E-state index contributed by atoms with van der Waals surface area (Å²) in [6, 6.07) is 14.3. The molecule has 0 unspecified atom stereocenters. The molecule has 0 bridgehead atoms. The summed E-state index contributed by atoms with van der Waals surface area (Å²) in [5.41, 5.74) is 9.13. The van der Waals surface area contributed by atoms with Gasteiger partial charge in [-0.3, -0.25) is 14.5 Å². The van der Waals surface area contributed by atoms with Crippen molar-refractivity contribution in [3.8, 4) is 0 Å². The summed E-state index contributed by atoms with van der Waals surface area (Å²) in [5.74, 6) is -2.80. The van der Waals surface area contributed by atoms with Crippen molar-refractivity contribution in [2.24, 2.45) is 0 Å². The molecule has 6 rings (SSSR count). The molecule has 1 atom stereocenters. The Kier molecular flexibility index (Phi) is 12.3. The number of aliphatic hydroxyl groups excluding tert-OH is 2. The second kappa shape index (κ2) is 16.4. The number of benzene rings is 3. The summed E-state index contributed by atoms with van der Waals surface area (Å²) >= 11 is 6.81. The number of hydrogen-bond donors (Lipinski definition) is 6. The molecule has 3 aliphatic rings. The molecule has 1 saturated heterocycles. The van der Waals surface area contributed by atoms with Gasteiger partial charge in [0.25, 0.3) is 0 Å². The third-order valence-electron chi connectivity index (χ3n) is 9.06. The number of aliphatic hydroxyl groups is 2. The van der Waals surface area contributed by atoms with Crippen molar-refractivity contribution in [2.75, 3.05) is 26.6 Å². The average Bonchev–Trinajstić information content (AvgIpc) is 3.45. The Hall–Kier alpha value is -3.26. The lowest BCUT2D eigenvalue weighted by atomic mass is 9.93. The van der Waals surface area contributed by atoms with Crippen LogP contribution in [0.1, 0.15) is 64.2 Å². The second-order valence-electron chi connectivity index (χ2n) is 12.6. The van der Waals surface area contributed by atoms with E-state index in [2.05, 4.69) is 47.8 Å². The van der Waals surface area contributed by atoms with E-state index in [-0.39, 0.29) is 42.7 Å². The van der Waals surface area contributed by atoms with Gasteiger partial charge in [-0.05, 0) is 106 Å². The summed E-state index contributed by atoms with van der Waals surface area (Å²) in [6.07, 6.45) is 6.94. The van der Waals surface area contributed by atoms with Crippen LogP contribution in [-0.4, -0.2) is 52.4 Å². The number of amides is 2. The normalized spacial score (nSPS) is 24.0. The van der Waals surface area contributed by atoms with Gasteiger partial charge in [-0.1, -0.05) is 31.9 Å². The molecule has 2 saturated carbocycles. The van der Waals surface area contributed by atoms with Gasteiger partial charge in [0.05, 0.1) is 35.0 Å². The Morgan fingerprint density at radius 2 is 1.29 bits per heavy atom. The van der Waals surface area contributed by atoms with Crippen LogP contribution >= 0.6 is 31.9 Å². The molecule has 3 aromatic rings. The van der Waals surface area contributed by atoms with Crippen LogP contribution in [0.15, 0.2) is 63.5 Å². The molecule has 13 heteroatoms. The Morgan fingerprint density at radius 1 is 0.729 bits per heavy atom. The van der Waals surface area contributed by atoms with Crippen LogP contribution in [0, 0.1) is 11.6 Å². The van der Waals surface area contributed by atoms with Crippen LogP contribution in [0.25, 0.3) is 0 Å². The van der Waals surface area contributed by atoms with Crippen LogP contribution < -0.4 is 26.6 Å². The SMILES string of the molecule is Nc1cc(Br)ccc1NC1CCC(O)CC1.O=C(Nc1cc(Br)ccc1NC1CCC(O)CC1)[C@@H]1CCC(=O)N1c1ccc(F)c(F)c1. The Labute approximate surface area is 295 Å². The fourth-order valence-corrected chi connectivity index (χ4v) is 7.14. The van der Waals surface area contributed by atoms with Gasteiger partial charge in [0.1, 0.15) is 6.04 Å². The zero-order chi connectivity index (χ0) is 34.4. The lowest BCUT2D eigenvalue weighted by Crippen LogP contribution is -2.42. The van der Waals surface area contributed by atoms with Crippen molar-refractivity contribution in [2.45, 2.75) is 94.5 Å². The maximum atomic E-state index is 13.7. The molecule has 2 aliphatic carbocycles. The number of hydrogen-bond acceptors (Lipinski definition) is 7. The molecule has 0 aromatic heterocycles. The van der Waals surface area contributed by atoms with E-state index >= 15 is 0 Å². The van der Waals surface area contributed by atoms with Gasteiger partial charge in [0.15, 0.2) is 11.6 Å². The quantitative estimate of drug-likeness (QED) is 0.138. The third-order valence-corrected chi connectivity index (χ3v) is 10.0. The summed E-state index contributed by atoms with van der Waals surface area (Å²) in [5, 5.41) is 28.9. The van der Waals surface area contributed by atoms with Crippen molar-refractivity contribution < 1.29 is 28.6 Å². The van der Waals surface area contributed by atoms with Crippen LogP contribution in [0.3, 0.4) is 0 Å². The van der Waals surface area contributed by atoms with Gasteiger partial charge >= 0.3 is 0 Å². The summed E-state index contributed by atoms with van der Waals surface area (Å²) in [6.45, 7) is 0. The first kappa shape index (κ1) is 36.0. The van der Waals surface area contributed by atoms with E-state index < -0.39 is 23.6 Å². The Bertz CT molecular complexity index is 1600. The van der Waals surface area contributed by atoms with Gasteiger partial charge in [0, 0.05) is 39.2 Å². The molecule has 0 spiro atoms. The third kappa shape index (κ3) is 9.46. The number of halogens is 4. The summed E-state index contributed by atoms with van der Waals surface area (Å²) < 4.78 is 28.8. The first-order chi connectivity index (χ1) is 23.0. The fraction of sp³-hybridized carbons (Fsp3) is 0.429. The van der Waals surface area contributed by atoms with E-state index in [4.69, 9.17) is 5.73 Å². The van der Waals surface area contributed by atoms with E-state index in [1.54, 1.807) is 6.07 Å². The van der Waals surface area contributed by atoms with E-state index in [9.17, 15) is 28.6 Å². The molecule has 9 nitrogen and oxygen atoms in total. The Morgan fingerprint density at radius 3 is 1.88 bits per heavy atom. The van der Waals surface area contributed by atoms with Gasteiger partial charge in [-0.15, -0.1) is 0 Å². The highest BCUT2D eigenvalue weighted by Gasteiger charge is 2.38. The number of nitrogens with two attached hydrogens (primary N) is 1. The van der Waals surface area contributed by atoms with Gasteiger partial charge in [-0.2, -0.15) is 0 Å². The molecule has 1 heterocycles. The monoisotopic (exact) mass is 791 g/mol. The average molecular weight is 794 g/mol. The lowest BCUT2D eigenvalue weighted by Gasteiger charge is -2.28. The highest BCUT2D eigenvalue weighted by molar-refractivity contribution is 9.10. The highest BCUT2D eigenvalue weighted by atomic mass is 79.9. The van der Waals surface area contributed by atoms with Crippen LogP contribution in [0.5, 0.6) is 0 Å². The molecule has 48 heavy (non-hydrogen) atoms. The topological polar surface area (TPSA) is 140 Å². The molecule has 258 valence electrons. The number of carbonyl (C=O) groups is 2. The smallest absolute Gasteiger partial charge is 0.247 e. The number of carbonyl (C=O) groups excluding carboxylic acids is 2. The number of nitrogen functional groups attached to an aromatic ring is 1. The predicted molar refractivity (Wildman–Crippen MR) is 192 cm³/mol. The summed E-state index contributed by atoms with van der Waals surface area (Å²) in [4.78, 5) is 26.8. The van der Waals surface area contributed by atoms with Crippen molar-refractivity contribution >= 4 is 72.1 Å². The standard InChI is InChI=1S/C23H24BrF2N3O3.C12H17BrN2O/c24-13-1-8-19(27-14-2-5-16(30)6-3-14)20(11-13)28-23(32)21-9-10-22(31)29(21)15-4-7-17(25)18(26)12-15;13-8-1-6-12(11(14)7-8)15-9-2-4-10(16)5-3-9/h1,4,7-8,11-12,14,16,21,27,30H,2-3,5-6,9-10H2,(H,28,32);1,6-7,9-10,15-16H,2-5,14H2/t14?,16?,21-;/m0./s1. The highest BCUT2D eigenvalue weighted by Crippen LogP contribution is 2.33. The molecule has 3 aromatic carbocycles. The molecule has 3 fully saturated rings. The molecule has 0 radical (unpaired) electrons. The Balaban J connectivity index is 0.000000236. The van der Waals surface area contributed by atoms with Crippen molar-refractivity contribution in [1.29, 1.82) is 0 Å². The number of nitrogens with one attached hydrogen (secondary N) is 3. The summed E-state index contributed by atoms with van der Waals surface area (Å²) in [7, 11) is 0. The number of nitrogens with zero attached hydrogens (tertiary/aromatic N) is 1. The van der Waals surface area contributed by atoms with Crippen molar-refractivity contribution in [3.63, 3.8) is 0 Å². The molecule has 1 aliphatic heterocycles. The van der Waals surface area contributed by atoms with E-state index in [0.29, 0.717) is 11.7 Å². The van der Waals surface area contributed by atoms with E-state index in [0.717, 1.165) is 89.5 Å². The predicted octanol–water partition coefficient (Wildman–Crippen LogP) is 7.32. The zero-order valence-corrected chi connectivity index (χ0v) is 29.6. The van der Waals surface area contributed by atoms with Crippen molar-refractivity contribution in [3.05, 3.63) is 75.2 Å². The minimum atomic E-state index is -1.07. The zero-order valence-electron chi connectivity index (χ0n) is 26.4. The largest absolute Gasteiger partial charge is 0.397 e. The number of anilines is 5. The minimum Gasteiger partial charge on any atom is -0.397 e. The number of rotatable bonds is 7. The second-order valence-corrected chi connectivity index (χ2v) is 14.5. The fourth-order valence-electron chi connectivity index (χ4n) is 6.40. The van der Waals surface area contributed by atoms with E-state index in [1.165, 1.54) is 11.0 Å². The van der Waals surface area contributed by atoms with Crippen LogP contribution in [-0.2, 0) is 9.59 Å². The first-order valence-corrected chi connectivity index (χ1v) is 17.9. The van der Waals surface area contributed by atoms with Gasteiger partial charge in [-0.25, -0.2) is 8.78 Å². The van der Waals surface area contributed by atoms with E-state index in [1.807, 2.05) is 30.3 Å². The van der Waals surface area contributed by atoms with Gasteiger partial charge < -0.3 is 31.9 Å². The molecule has 7 N–H and O–H groups in total. The minimum absolute atomic E-state index is 0.111. The molecular formula is C35H41Br2F2N5O4. The maximum Gasteiger partial charge on any atom is 0.247 e. The molecule has 2 amide bonds. The van der Waals surface area contributed by atoms with Crippen LogP contribution in [0.4, 0.5) is 37.2 Å². The first-order valence-electron chi connectivity index (χ1n) is 16.3. The molecular weight excluding hydrogens is 752 g/mol. The maximum absolute atomic E-state index is 13.7. The van der Waals surface area contributed by atoms with Gasteiger partial charge in [0.2, 0.25) is 11.8 Å².